The molecule has 1 heterocycles. The van der Waals surface area contributed by atoms with Gasteiger partial charge >= 0.3 is 0 Å². The highest BCUT2D eigenvalue weighted by molar-refractivity contribution is 7.91. The number of hydrogen-bond acceptors (Lipinski definition) is 4. The topological polar surface area (TPSA) is 49.4 Å². The normalized spacial score (nSPS) is 28.7. The SMILES string of the molecule is CCCC1CN(CCCS(=O)(=O)CC)C(C2CC2)CN1. The first kappa shape index (κ1) is 16.2. The van der Waals surface area contributed by atoms with Crippen molar-refractivity contribution in [1.82, 2.24) is 10.2 Å². The molecule has 0 spiro atoms. The Hall–Kier alpha value is -0.130. The molecule has 2 aliphatic rings. The molecule has 0 aromatic rings. The Kier molecular flexibility index (Phi) is 5.87. The second-order valence-corrected chi connectivity index (χ2v) is 8.86. The van der Waals surface area contributed by atoms with Crippen LogP contribution in [0, 0.1) is 5.92 Å². The summed E-state index contributed by atoms with van der Waals surface area (Å²) in [6, 6.07) is 1.24. The molecule has 1 saturated carbocycles. The van der Waals surface area contributed by atoms with Gasteiger partial charge in [-0.15, -0.1) is 0 Å². The maximum Gasteiger partial charge on any atom is 0.150 e. The zero-order valence-electron chi connectivity index (χ0n) is 13.0. The van der Waals surface area contributed by atoms with Crippen LogP contribution in [0.4, 0.5) is 0 Å². The van der Waals surface area contributed by atoms with E-state index < -0.39 is 9.84 Å². The molecular formula is C15H30N2O2S. The minimum atomic E-state index is -2.81. The van der Waals surface area contributed by atoms with Crippen LogP contribution in [0.15, 0.2) is 0 Å². The van der Waals surface area contributed by atoms with Crippen molar-refractivity contribution < 1.29 is 8.42 Å². The molecule has 2 unspecified atom stereocenters. The van der Waals surface area contributed by atoms with E-state index in [1.165, 1.54) is 25.7 Å². The second-order valence-electron chi connectivity index (χ2n) is 6.38. The number of sulfone groups is 1. The van der Waals surface area contributed by atoms with Crippen molar-refractivity contribution in [2.75, 3.05) is 31.1 Å². The smallest absolute Gasteiger partial charge is 0.150 e. The molecule has 2 fully saturated rings. The molecule has 0 aromatic carbocycles. The molecule has 2 atom stereocenters. The highest BCUT2D eigenvalue weighted by Gasteiger charge is 2.38. The molecule has 0 aromatic heterocycles. The van der Waals surface area contributed by atoms with Gasteiger partial charge in [0.15, 0.2) is 0 Å². The lowest BCUT2D eigenvalue weighted by molar-refractivity contribution is 0.112. The summed E-state index contributed by atoms with van der Waals surface area (Å²) >= 11 is 0. The summed E-state index contributed by atoms with van der Waals surface area (Å²) in [5.41, 5.74) is 0. The third-order valence-electron chi connectivity index (χ3n) is 4.68. The zero-order valence-corrected chi connectivity index (χ0v) is 13.8. The quantitative estimate of drug-likeness (QED) is 0.741. The Bertz CT molecular complexity index is 393. The van der Waals surface area contributed by atoms with Gasteiger partial charge in [0, 0.05) is 30.9 Å². The largest absolute Gasteiger partial charge is 0.311 e. The van der Waals surface area contributed by atoms with Crippen LogP contribution in [-0.2, 0) is 9.84 Å². The van der Waals surface area contributed by atoms with Crippen LogP contribution in [-0.4, -0.2) is 56.5 Å². The van der Waals surface area contributed by atoms with E-state index in [0.717, 1.165) is 32.0 Å². The van der Waals surface area contributed by atoms with Gasteiger partial charge in [-0.25, -0.2) is 8.42 Å². The molecule has 20 heavy (non-hydrogen) atoms. The van der Waals surface area contributed by atoms with Gasteiger partial charge in [0.1, 0.15) is 9.84 Å². The molecule has 1 N–H and O–H groups in total. The Morgan fingerprint density at radius 1 is 1.25 bits per heavy atom. The second kappa shape index (κ2) is 7.23. The van der Waals surface area contributed by atoms with Crippen molar-refractivity contribution in [2.24, 2.45) is 5.92 Å². The van der Waals surface area contributed by atoms with Crippen molar-refractivity contribution in [2.45, 2.75) is 58.0 Å². The maximum absolute atomic E-state index is 11.6. The molecule has 0 bridgehead atoms. The van der Waals surface area contributed by atoms with Crippen molar-refractivity contribution >= 4 is 9.84 Å². The average Bonchev–Trinajstić information content (AvgIpc) is 3.24. The zero-order chi connectivity index (χ0) is 14.6. The minimum Gasteiger partial charge on any atom is -0.311 e. The van der Waals surface area contributed by atoms with E-state index in [4.69, 9.17) is 0 Å². The van der Waals surface area contributed by atoms with Gasteiger partial charge in [-0.05, 0) is 38.1 Å². The lowest BCUT2D eigenvalue weighted by atomic mass is 10.0. The van der Waals surface area contributed by atoms with Crippen LogP contribution in [0.25, 0.3) is 0 Å². The van der Waals surface area contributed by atoms with E-state index in [-0.39, 0.29) is 5.75 Å². The van der Waals surface area contributed by atoms with Crippen LogP contribution in [0.3, 0.4) is 0 Å². The highest BCUT2D eigenvalue weighted by Crippen LogP contribution is 2.36. The van der Waals surface area contributed by atoms with Crippen molar-refractivity contribution in [1.29, 1.82) is 0 Å². The van der Waals surface area contributed by atoms with Crippen LogP contribution >= 0.6 is 0 Å². The fourth-order valence-corrected chi connectivity index (χ4v) is 4.13. The molecule has 0 radical (unpaired) electrons. The molecule has 1 saturated heterocycles. The Morgan fingerprint density at radius 2 is 2.00 bits per heavy atom. The molecule has 1 aliphatic heterocycles. The van der Waals surface area contributed by atoms with Gasteiger partial charge in [-0.1, -0.05) is 20.3 Å². The number of piperazine rings is 1. The molecule has 4 nitrogen and oxygen atoms in total. The minimum absolute atomic E-state index is 0.277. The lowest BCUT2D eigenvalue weighted by Gasteiger charge is -2.41. The summed E-state index contributed by atoms with van der Waals surface area (Å²) in [6.45, 7) is 7.11. The average molecular weight is 302 g/mol. The predicted molar refractivity (Wildman–Crippen MR) is 83.7 cm³/mol. The first-order valence-corrected chi connectivity index (χ1v) is 10.1. The maximum atomic E-state index is 11.6. The molecular weight excluding hydrogens is 272 g/mol. The van der Waals surface area contributed by atoms with E-state index >= 15 is 0 Å². The number of hydrogen-bond donors (Lipinski definition) is 1. The van der Waals surface area contributed by atoms with Gasteiger partial charge in [0.2, 0.25) is 0 Å². The number of rotatable bonds is 8. The van der Waals surface area contributed by atoms with Crippen molar-refractivity contribution in [3.63, 3.8) is 0 Å². The fraction of sp³-hybridized carbons (Fsp3) is 1.00. The third kappa shape index (κ3) is 4.71. The van der Waals surface area contributed by atoms with E-state index in [0.29, 0.717) is 17.8 Å². The first-order valence-electron chi connectivity index (χ1n) is 8.23. The molecule has 0 amide bonds. The van der Waals surface area contributed by atoms with E-state index in [1.807, 2.05) is 0 Å². The van der Waals surface area contributed by atoms with Crippen LogP contribution in [0.2, 0.25) is 0 Å². The van der Waals surface area contributed by atoms with Gasteiger partial charge in [0.25, 0.3) is 0 Å². The Balaban J connectivity index is 1.83. The van der Waals surface area contributed by atoms with Gasteiger partial charge in [0.05, 0.1) is 5.75 Å². The predicted octanol–water partition coefficient (Wildman–Crippen LogP) is 1.66. The van der Waals surface area contributed by atoms with Crippen molar-refractivity contribution in [3.8, 4) is 0 Å². The van der Waals surface area contributed by atoms with E-state index in [2.05, 4.69) is 17.1 Å². The summed E-state index contributed by atoms with van der Waals surface area (Å²) in [6.07, 6.45) is 5.94. The number of nitrogens with zero attached hydrogens (tertiary/aromatic N) is 1. The van der Waals surface area contributed by atoms with E-state index in [9.17, 15) is 8.42 Å². The molecule has 2 rings (SSSR count). The standard InChI is InChI=1S/C15H30N2O2S/c1-3-6-14-12-17(9-5-10-20(18,19)4-2)15(11-16-14)13-7-8-13/h13-16H,3-12H2,1-2H3. The summed E-state index contributed by atoms with van der Waals surface area (Å²) < 4.78 is 23.2. The third-order valence-corrected chi connectivity index (χ3v) is 6.47. The molecule has 5 heteroatoms. The lowest BCUT2D eigenvalue weighted by Crippen LogP contribution is -2.57. The Morgan fingerprint density at radius 3 is 2.60 bits per heavy atom. The molecule has 1 aliphatic carbocycles. The van der Waals surface area contributed by atoms with Crippen molar-refractivity contribution in [3.05, 3.63) is 0 Å². The number of nitrogens with one attached hydrogen (secondary N) is 1. The van der Waals surface area contributed by atoms with Crippen LogP contribution in [0.5, 0.6) is 0 Å². The molecule has 118 valence electrons. The monoisotopic (exact) mass is 302 g/mol. The first-order chi connectivity index (χ1) is 9.55. The van der Waals surface area contributed by atoms with Gasteiger partial charge < -0.3 is 5.32 Å². The summed E-state index contributed by atoms with van der Waals surface area (Å²) in [7, 11) is -2.81. The Labute approximate surface area is 124 Å². The fourth-order valence-electron chi connectivity index (χ4n) is 3.28. The summed E-state index contributed by atoms with van der Waals surface area (Å²) in [5.74, 6) is 1.48. The van der Waals surface area contributed by atoms with Crippen LogP contribution in [0.1, 0.15) is 46.0 Å². The summed E-state index contributed by atoms with van der Waals surface area (Å²) in [4.78, 5) is 2.57. The van der Waals surface area contributed by atoms with E-state index in [1.54, 1.807) is 6.92 Å². The summed E-state index contributed by atoms with van der Waals surface area (Å²) in [5, 5.41) is 3.68. The van der Waals surface area contributed by atoms with Gasteiger partial charge in [-0.2, -0.15) is 0 Å². The van der Waals surface area contributed by atoms with Gasteiger partial charge in [-0.3, -0.25) is 4.90 Å². The van der Waals surface area contributed by atoms with Crippen LogP contribution < -0.4 is 5.32 Å². The highest BCUT2D eigenvalue weighted by atomic mass is 32.2.